The maximum Gasteiger partial charge on any atom is 0.207 e. The normalized spacial score (nSPS) is 17.7. The molecule has 200 valence electrons. The number of nitrogens with zero attached hydrogens (tertiary/aromatic N) is 3. The Bertz CT molecular complexity index is 986. The Morgan fingerprint density at radius 2 is 1.28 bits per heavy atom. The molecule has 0 N–H and O–H groups in total. The summed E-state index contributed by atoms with van der Waals surface area (Å²) >= 11 is 0. The lowest BCUT2D eigenvalue weighted by molar-refractivity contribution is 0.0884. The van der Waals surface area contributed by atoms with Crippen molar-refractivity contribution >= 4 is 18.1 Å². The molecular weight excluding hydrogens is 505 g/mol. The fraction of sp³-hybridized carbons (Fsp3) is 0.520. The molecule has 0 bridgehead atoms. The average molecular weight is 536 g/mol. The van der Waals surface area contributed by atoms with Crippen LogP contribution in [-0.4, -0.2) is 75.4 Å². The summed E-state index contributed by atoms with van der Waals surface area (Å²) in [5, 5.41) is 0. The molecular formula is C25H31ClF5N3O2. The van der Waals surface area contributed by atoms with Crippen LogP contribution in [0.25, 0.3) is 0 Å². The van der Waals surface area contributed by atoms with Crippen LogP contribution in [0.5, 0.6) is 11.5 Å². The summed E-state index contributed by atoms with van der Waals surface area (Å²) in [5.41, 5.74) is 1.12. The molecule has 0 spiro atoms. The number of anilines is 1. The average Bonchev–Trinajstić information content (AvgIpc) is 2.90. The quantitative estimate of drug-likeness (QED) is 0.273. The molecule has 11 heteroatoms. The molecule has 4 rings (SSSR count). The Kier molecular flexibility index (Phi) is 10.0. The van der Waals surface area contributed by atoms with Crippen LogP contribution in [0, 0.1) is 29.1 Å². The lowest BCUT2D eigenvalue weighted by Gasteiger charge is -2.37. The van der Waals surface area contributed by atoms with Gasteiger partial charge in [-0.3, -0.25) is 4.90 Å². The van der Waals surface area contributed by atoms with Gasteiger partial charge in [0.1, 0.15) is 11.9 Å². The predicted molar refractivity (Wildman–Crippen MR) is 130 cm³/mol. The van der Waals surface area contributed by atoms with Crippen LogP contribution in [0.1, 0.15) is 19.3 Å². The summed E-state index contributed by atoms with van der Waals surface area (Å²) < 4.78 is 78.4. The summed E-state index contributed by atoms with van der Waals surface area (Å²) in [6.45, 7) is 6.93. The van der Waals surface area contributed by atoms with Crippen molar-refractivity contribution in [2.75, 3.05) is 64.4 Å². The van der Waals surface area contributed by atoms with Crippen LogP contribution in [0.2, 0.25) is 0 Å². The maximum absolute atomic E-state index is 13.9. The van der Waals surface area contributed by atoms with Gasteiger partial charge in [-0.05, 0) is 44.5 Å². The van der Waals surface area contributed by atoms with E-state index in [4.69, 9.17) is 9.47 Å². The van der Waals surface area contributed by atoms with E-state index in [1.807, 2.05) is 18.2 Å². The minimum absolute atomic E-state index is 0. The SMILES string of the molecule is COc1ccccc1N1CCN(CCCN2CCC(Oc3c(F)c(F)c(F)c(F)c3F)CC2)CC1.Cl. The number of piperazine rings is 1. The molecule has 0 radical (unpaired) electrons. The van der Waals surface area contributed by atoms with Crippen molar-refractivity contribution in [1.82, 2.24) is 9.80 Å². The number of para-hydroxylation sites is 2. The Morgan fingerprint density at radius 3 is 1.86 bits per heavy atom. The molecule has 2 aliphatic rings. The fourth-order valence-electron chi connectivity index (χ4n) is 4.73. The highest BCUT2D eigenvalue weighted by molar-refractivity contribution is 5.85. The largest absolute Gasteiger partial charge is 0.495 e. The second kappa shape index (κ2) is 12.8. The molecule has 2 aliphatic heterocycles. The van der Waals surface area contributed by atoms with Gasteiger partial charge in [-0.1, -0.05) is 12.1 Å². The minimum atomic E-state index is -2.18. The number of piperidine rings is 1. The van der Waals surface area contributed by atoms with E-state index in [1.54, 1.807) is 7.11 Å². The van der Waals surface area contributed by atoms with E-state index < -0.39 is 40.9 Å². The number of rotatable bonds is 8. The molecule has 0 amide bonds. The van der Waals surface area contributed by atoms with Crippen LogP contribution < -0.4 is 14.4 Å². The molecule has 2 heterocycles. The van der Waals surface area contributed by atoms with E-state index in [0.29, 0.717) is 25.9 Å². The van der Waals surface area contributed by atoms with Crippen LogP contribution in [0.15, 0.2) is 24.3 Å². The van der Waals surface area contributed by atoms with Gasteiger partial charge in [-0.25, -0.2) is 13.2 Å². The Labute approximate surface area is 214 Å². The van der Waals surface area contributed by atoms with E-state index in [9.17, 15) is 22.0 Å². The second-order valence-corrected chi connectivity index (χ2v) is 8.91. The van der Waals surface area contributed by atoms with Gasteiger partial charge in [-0.2, -0.15) is 8.78 Å². The van der Waals surface area contributed by atoms with Gasteiger partial charge in [0, 0.05) is 39.3 Å². The number of likely N-dealkylation sites (tertiary alicyclic amines) is 1. The standard InChI is InChI=1S/C25H30F5N3O2.ClH/c1-34-19-6-3-2-5-18(19)33-15-13-32(14-16-33)10-4-9-31-11-7-17(8-12-31)35-25-23(29)21(27)20(26)22(28)24(25)30;/h2-3,5-6,17H,4,7-16H2,1H3;1H. The van der Waals surface area contributed by atoms with Crippen molar-refractivity contribution in [2.45, 2.75) is 25.4 Å². The monoisotopic (exact) mass is 535 g/mol. The highest BCUT2D eigenvalue weighted by Crippen LogP contribution is 2.31. The van der Waals surface area contributed by atoms with Gasteiger partial charge in [0.2, 0.25) is 29.1 Å². The number of hydrogen-bond donors (Lipinski definition) is 0. The highest BCUT2D eigenvalue weighted by Gasteiger charge is 2.30. The number of hydrogen-bond acceptors (Lipinski definition) is 5. The first kappa shape index (κ1) is 28.3. The number of benzene rings is 2. The Balaban J connectivity index is 0.00000361. The van der Waals surface area contributed by atoms with Crippen LogP contribution in [0.4, 0.5) is 27.6 Å². The number of ether oxygens (including phenoxy) is 2. The molecule has 2 aromatic rings. The van der Waals surface area contributed by atoms with Gasteiger partial charge in [0.15, 0.2) is 5.75 Å². The van der Waals surface area contributed by atoms with Crippen LogP contribution in [-0.2, 0) is 0 Å². The molecule has 0 unspecified atom stereocenters. The summed E-state index contributed by atoms with van der Waals surface area (Å²) in [6, 6.07) is 8.03. The third kappa shape index (κ3) is 6.33. The van der Waals surface area contributed by atoms with Crippen molar-refractivity contribution in [1.29, 1.82) is 0 Å². The maximum atomic E-state index is 13.9. The number of methoxy groups -OCH3 is 1. The van der Waals surface area contributed by atoms with Crippen molar-refractivity contribution in [2.24, 2.45) is 0 Å². The highest BCUT2D eigenvalue weighted by atomic mass is 35.5. The third-order valence-electron chi connectivity index (χ3n) is 6.74. The van der Waals surface area contributed by atoms with Gasteiger partial charge in [0.05, 0.1) is 12.8 Å². The molecule has 0 atom stereocenters. The Hall–Kier alpha value is -2.30. The molecule has 36 heavy (non-hydrogen) atoms. The molecule has 0 saturated carbocycles. The summed E-state index contributed by atoms with van der Waals surface area (Å²) in [5.74, 6) is -10.3. The van der Waals surface area contributed by atoms with E-state index in [-0.39, 0.29) is 12.4 Å². The molecule has 0 aromatic heterocycles. The third-order valence-corrected chi connectivity index (χ3v) is 6.74. The second-order valence-electron chi connectivity index (χ2n) is 8.91. The smallest absolute Gasteiger partial charge is 0.207 e. The van der Waals surface area contributed by atoms with E-state index >= 15 is 0 Å². The zero-order valence-electron chi connectivity index (χ0n) is 20.1. The minimum Gasteiger partial charge on any atom is -0.495 e. The molecule has 0 aliphatic carbocycles. The van der Waals surface area contributed by atoms with Gasteiger partial charge in [-0.15, -0.1) is 12.4 Å². The van der Waals surface area contributed by atoms with Gasteiger partial charge < -0.3 is 19.3 Å². The van der Waals surface area contributed by atoms with E-state index in [0.717, 1.165) is 57.1 Å². The van der Waals surface area contributed by atoms with Gasteiger partial charge in [0.25, 0.3) is 0 Å². The molecule has 2 saturated heterocycles. The first-order valence-electron chi connectivity index (χ1n) is 11.9. The van der Waals surface area contributed by atoms with Crippen LogP contribution >= 0.6 is 12.4 Å². The zero-order valence-corrected chi connectivity index (χ0v) is 20.9. The lowest BCUT2D eigenvalue weighted by Crippen LogP contribution is -2.47. The summed E-state index contributed by atoms with van der Waals surface area (Å²) in [4.78, 5) is 7.01. The fourth-order valence-corrected chi connectivity index (χ4v) is 4.73. The predicted octanol–water partition coefficient (Wildman–Crippen LogP) is 4.87. The lowest BCUT2D eigenvalue weighted by atomic mass is 10.1. The van der Waals surface area contributed by atoms with E-state index in [1.165, 1.54) is 0 Å². The number of halogens is 6. The van der Waals surface area contributed by atoms with Crippen molar-refractivity contribution in [3.63, 3.8) is 0 Å². The molecule has 2 fully saturated rings. The van der Waals surface area contributed by atoms with Gasteiger partial charge >= 0.3 is 0 Å². The summed E-state index contributed by atoms with van der Waals surface area (Å²) in [6.07, 6.45) is 1.30. The summed E-state index contributed by atoms with van der Waals surface area (Å²) in [7, 11) is 1.68. The van der Waals surface area contributed by atoms with E-state index in [2.05, 4.69) is 20.8 Å². The first-order chi connectivity index (χ1) is 16.9. The Morgan fingerprint density at radius 1 is 0.750 bits per heavy atom. The van der Waals surface area contributed by atoms with Crippen molar-refractivity contribution in [3.05, 3.63) is 53.4 Å². The molecule has 2 aromatic carbocycles. The zero-order chi connectivity index (χ0) is 24.9. The first-order valence-corrected chi connectivity index (χ1v) is 11.9. The molecule has 5 nitrogen and oxygen atoms in total. The van der Waals surface area contributed by atoms with Crippen LogP contribution in [0.3, 0.4) is 0 Å². The van der Waals surface area contributed by atoms with Crippen molar-refractivity contribution < 1.29 is 31.4 Å². The van der Waals surface area contributed by atoms with Crippen molar-refractivity contribution in [3.8, 4) is 11.5 Å². The topological polar surface area (TPSA) is 28.2 Å².